The van der Waals surface area contributed by atoms with Gasteiger partial charge in [0, 0.05) is 23.0 Å². The van der Waals surface area contributed by atoms with Gasteiger partial charge in [-0.15, -0.1) is 0 Å². The van der Waals surface area contributed by atoms with Gasteiger partial charge in [0.25, 0.3) is 0 Å². The molecule has 12 heteroatoms. The van der Waals surface area contributed by atoms with Crippen LogP contribution in [-0.4, -0.2) is 87.9 Å². The number of esters is 1. The third-order valence-corrected chi connectivity index (χ3v) is 12.1. The van der Waals surface area contributed by atoms with Crippen LogP contribution in [0.15, 0.2) is 36.4 Å². The van der Waals surface area contributed by atoms with E-state index >= 15 is 4.39 Å². The van der Waals surface area contributed by atoms with Crippen molar-refractivity contribution in [3.8, 4) is 16.9 Å². The van der Waals surface area contributed by atoms with Crippen molar-refractivity contribution in [2.45, 2.75) is 107 Å². The van der Waals surface area contributed by atoms with E-state index in [4.69, 9.17) is 23.7 Å². The van der Waals surface area contributed by atoms with Crippen LogP contribution in [0.1, 0.15) is 95.5 Å². The Balaban J connectivity index is 0.843. The molecule has 2 heterocycles. The van der Waals surface area contributed by atoms with Crippen LogP contribution in [0.25, 0.3) is 11.1 Å². The maximum atomic E-state index is 15.0. The molecule has 3 fully saturated rings. The topological polar surface area (TPSA) is 104 Å². The van der Waals surface area contributed by atoms with Crippen molar-refractivity contribution in [2.24, 2.45) is 5.92 Å². The standard InChI is InChI=1S/C41H58F2N2O7S/c1-2-3-4-7-29-10-12-30(13-11-29)31-14-16-32(17-15-31)33-18-19-35(39(43)38(33)42)51-26-24-49-22-20-48-21-23-50-25-27-52-37(46)9-6-5-8-36-40-34(28-53-36)44-41(47)45-40/h14-19,29-30,34,36,40H,2-13,20-28H2,1H3,(H2,44,45,47)/t29?,30?,34-,36-,40-/m0/s1. The number of hydrogen-bond acceptors (Lipinski definition) is 8. The summed E-state index contributed by atoms with van der Waals surface area (Å²) in [7, 11) is 0. The van der Waals surface area contributed by atoms with Crippen LogP contribution in [-0.2, 0) is 23.7 Å². The fourth-order valence-electron chi connectivity index (χ4n) is 7.57. The number of thioether (sulfide) groups is 1. The van der Waals surface area contributed by atoms with Gasteiger partial charge in [0.1, 0.15) is 13.2 Å². The zero-order chi connectivity index (χ0) is 37.3. The second kappa shape index (κ2) is 22.4. The third kappa shape index (κ3) is 13.1. The molecule has 2 aliphatic heterocycles. The summed E-state index contributed by atoms with van der Waals surface area (Å²) < 4.78 is 57.0. The number of amides is 2. The van der Waals surface area contributed by atoms with Crippen LogP contribution in [0.3, 0.4) is 0 Å². The summed E-state index contributed by atoms with van der Waals surface area (Å²) in [6.07, 6.45) is 13.2. The molecule has 3 atom stereocenters. The quantitative estimate of drug-likeness (QED) is 0.0628. The van der Waals surface area contributed by atoms with Gasteiger partial charge in [-0.05, 0) is 73.6 Å². The molecule has 53 heavy (non-hydrogen) atoms. The van der Waals surface area contributed by atoms with E-state index in [2.05, 4.69) is 29.7 Å². The van der Waals surface area contributed by atoms with Crippen molar-refractivity contribution >= 4 is 23.8 Å². The number of nitrogens with one attached hydrogen (secondary N) is 2. The zero-order valence-electron chi connectivity index (χ0n) is 31.2. The number of carbonyl (C=O) groups excluding carboxylic acids is 2. The highest BCUT2D eigenvalue weighted by molar-refractivity contribution is 8.00. The van der Waals surface area contributed by atoms with Crippen LogP contribution >= 0.6 is 11.8 Å². The Bertz CT molecular complexity index is 1410. The average molecular weight is 761 g/mol. The largest absolute Gasteiger partial charge is 0.488 e. The van der Waals surface area contributed by atoms with E-state index in [0.29, 0.717) is 56.2 Å². The highest BCUT2D eigenvalue weighted by Crippen LogP contribution is 2.39. The fraction of sp³-hybridized carbons (Fsp3) is 0.659. The normalized spacial score (nSPS) is 22.3. The molecule has 0 unspecified atom stereocenters. The molecule has 0 spiro atoms. The Labute approximate surface area is 317 Å². The number of ether oxygens (including phenoxy) is 5. The van der Waals surface area contributed by atoms with Gasteiger partial charge < -0.3 is 34.3 Å². The molecule has 5 rings (SSSR count). The molecule has 0 bridgehead atoms. The van der Waals surface area contributed by atoms with Crippen LogP contribution in [0, 0.1) is 17.6 Å². The number of rotatable bonds is 24. The number of unbranched alkanes of at least 4 members (excludes halogenated alkanes) is 3. The predicted molar refractivity (Wildman–Crippen MR) is 204 cm³/mol. The minimum Gasteiger partial charge on any atom is -0.488 e. The lowest BCUT2D eigenvalue weighted by Crippen LogP contribution is -2.36. The highest BCUT2D eigenvalue weighted by atomic mass is 32.2. The molecule has 0 radical (unpaired) electrons. The summed E-state index contributed by atoms with van der Waals surface area (Å²) in [5.74, 6) is 0.0391. The summed E-state index contributed by atoms with van der Waals surface area (Å²) in [4.78, 5) is 23.5. The number of carbonyl (C=O) groups is 2. The minimum atomic E-state index is -1.00. The molecule has 2 saturated heterocycles. The summed E-state index contributed by atoms with van der Waals surface area (Å²) >= 11 is 1.88. The maximum Gasteiger partial charge on any atom is 0.315 e. The average Bonchev–Trinajstić information content (AvgIpc) is 3.73. The summed E-state index contributed by atoms with van der Waals surface area (Å²) in [6, 6.07) is 11.3. The molecule has 2 aromatic rings. The lowest BCUT2D eigenvalue weighted by molar-refractivity contribution is -0.145. The molecule has 1 aliphatic carbocycles. The van der Waals surface area contributed by atoms with E-state index in [1.54, 1.807) is 6.07 Å². The van der Waals surface area contributed by atoms with Crippen LogP contribution < -0.4 is 15.4 Å². The summed E-state index contributed by atoms with van der Waals surface area (Å²) in [5.41, 5.74) is 2.16. The molecule has 2 N–H and O–H groups in total. The summed E-state index contributed by atoms with van der Waals surface area (Å²) in [6.45, 7) is 4.41. The molecule has 294 valence electrons. The third-order valence-electron chi connectivity index (χ3n) is 10.6. The highest BCUT2D eigenvalue weighted by Gasteiger charge is 2.42. The first-order chi connectivity index (χ1) is 25.9. The number of halogens is 2. The number of benzene rings is 2. The van der Waals surface area contributed by atoms with Gasteiger partial charge in [0.15, 0.2) is 11.6 Å². The number of urea groups is 1. The van der Waals surface area contributed by atoms with Gasteiger partial charge >= 0.3 is 12.0 Å². The van der Waals surface area contributed by atoms with Gasteiger partial charge in [-0.2, -0.15) is 16.2 Å². The van der Waals surface area contributed by atoms with Crippen molar-refractivity contribution in [1.29, 1.82) is 0 Å². The van der Waals surface area contributed by atoms with Gasteiger partial charge in [-0.3, -0.25) is 4.79 Å². The Morgan fingerprint density at radius 2 is 1.45 bits per heavy atom. The van der Waals surface area contributed by atoms with Crippen molar-refractivity contribution in [3.05, 3.63) is 53.6 Å². The van der Waals surface area contributed by atoms with Crippen molar-refractivity contribution in [1.82, 2.24) is 10.6 Å². The van der Waals surface area contributed by atoms with E-state index in [0.717, 1.165) is 30.9 Å². The van der Waals surface area contributed by atoms with Crippen LogP contribution in [0.5, 0.6) is 5.75 Å². The lowest BCUT2D eigenvalue weighted by Gasteiger charge is -2.29. The van der Waals surface area contributed by atoms with Crippen molar-refractivity contribution in [3.63, 3.8) is 0 Å². The molecule has 0 aromatic heterocycles. The second-order valence-corrected chi connectivity index (χ2v) is 15.6. The maximum absolute atomic E-state index is 15.0. The van der Waals surface area contributed by atoms with E-state index in [9.17, 15) is 14.0 Å². The van der Waals surface area contributed by atoms with Crippen LogP contribution in [0.4, 0.5) is 13.6 Å². The first-order valence-electron chi connectivity index (χ1n) is 19.7. The smallest absolute Gasteiger partial charge is 0.315 e. The number of fused-ring (bicyclic) bond motifs is 1. The SMILES string of the molecule is CCCCCC1CCC(c2ccc(-c3ccc(OCCOCCOCCOCCOC(=O)CCCC[C@@H]4SC[C@@H]5NC(=O)N[C@@H]54)c(F)c3F)cc2)CC1. The van der Waals surface area contributed by atoms with Gasteiger partial charge in [0.2, 0.25) is 5.82 Å². The molecule has 9 nitrogen and oxygen atoms in total. The summed E-state index contributed by atoms with van der Waals surface area (Å²) in [5, 5.41) is 6.32. The Hall–Kier alpha value is -2.93. The van der Waals surface area contributed by atoms with Crippen molar-refractivity contribution in [2.75, 3.05) is 58.6 Å². The van der Waals surface area contributed by atoms with Gasteiger partial charge in [-0.25, -0.2) is 9.18 Å². The van der Waals surface area contributed by atoms with Gasteiger partial charge in [-0.1, -0.05) is 63.3 Å². The van der Waals surface area contributed by atoms with E-state index in [-0.39, 0.29) is 55.2 Å². The minimum absolute atomic E-state index is 0.0743. The Morgan fingerprint density at radius 3 is 2.17 bits per heavy atom. The predicted octanol–water partition coefficient (Wildman–Crippen LogP) is 8.18. The molecular weight excluding hydrogens is 703 g/mol. The first-order valence-corrected chi connectivity index (χ1v) is 20.8. The van der Waals surface area contributed by atoms with Crippen molar-refractivity contribution < 1.29 is 42.1 Å². The first kappa shape index (κ1) is 41.2. The monoisotopic (exact) mass is 760 g/mol. The molecule has 1 saturated carbocycles. The van der Waals surface area contributed by atoms with Gasteiger partial charge in [0.05, 0.1) is 51.7 Å². The van der Waals surface area contributed by atoms with E-state index in [1.807, 2.05) is 23.9 Å². The molecule has 3 aliphatic rings. The zero-order valence-corrected chi connectivity index (χ0v) is 32.0. The van der Waals surface area contributed by atoms with E-state index < -0.39 is 11.6 Å². The molecule has 2 aromatic carbocycles. The molecular formula is C41H58F2N2O7S. The second-order valence-electron chi connectivity index (χ2n) is 14.3. The van der Waals surface area contributed by atoms with Crippen LogP contribution in [0.2, 0.25) is 0 Å². The lowest BCUT2D eigenvalue weighted by atomic mass is 9.77. The Morgan fingerprint density at radius 1 is 0.774 bits per heavy atom. The van der Waals surface area contributed by atoms with E-state index in [1.165, 1.54) is 63.0 Å². The fourth-order valence-corrected chi connectivity index (χ4v) is 9.11. The Kier molecular flexibility index (Phi) is 17.5. The molecule has 2 amide bonds. The number of hydrogen-bond donors (Lipinski definition) is 2.